The van der Waals surface area contributed by atoms with Gasteiger partial charge in [0.25, 0.3) is 0 Å². The number of oxime groups is 1. The molecule has 0 bridgehead atoms. The van der Waals surface area contributed by atoms with Crippen molar-refractivity contribution in [2.24, 2.45) is 10.6 Å². The Bertz CT molecular complexity index is 450. The van der Waals surface area contributed by atoms with Crippen LogP contribution in [0.15, 0.2) is 5.16 Å². The minimum absolute atomic E-state index is 0.0818. The largest absolute Gasteiger partial charge is 0.390 e. The van der Waals surface area contributed by atoms with E-state index in [1.165, 1.54) is 0 Å². The topological polar surface area (TPSA) is 69.2 Å². The van der Waals surface area contributed by atoms with E-state index >= 15 is 0 Å². The number of hydrogen-bond donors (Lipinski definition) is 0. The van der Waals surface area contributed by atoms with Gasteiger partial charge in [-0.3, -0.25) is 0 Å². The molecular formula is C15H22F3N3O. The highest BCUT2D eigenvalue weighted by molar-refractivity contribution is 5.81. The summed E-state index contributed by atoms with van der Waals surface area (Å²) >= 11 is 0. The molecule has 0 aromatic carbocycles. The molecule has 0 atom stereocenters. The van der Waals surface area contributed by atoms with Gasteiger partial charge in [-0.2, -0.15) is 23.7 Å². The molecule has 0 spiro atoms. The molecular weight excluding hydrogens is 295 g/mol. The van der Waals surface area contributed by atoms with Crippen LogP contribution in [0.2, 0.25) is 0 Å². The van der Waals surface area contributed by atoms with E-state index in [2.05, 4.69) is 5.16 Å². The maximum atomic E-state index is 12.3. The van der Waals surface area contributed by atoms with Crippen LogP contribution in [0.25, 0.3) is 0 Å². The predicted octanol–water partition coefficient (Wildman–Crippen LogP) is 4.72. The molecule has 0 aromatic rings. The SMILES string of the molecule is CC(CCCC(C#N)(C#N)CCC(F)(F)F)=NOC(C)(C)C. The lowest BCUT2D eigenvalue weighted by Crippen LogP contribution is -2.21. The van der Waals surface area contributed by atoms with Crippen LogP contribution in [-0.4, -0.2) is 17.5 Å². The molecule has 0 saturated heterocycles. The third-order valence-corrected chi connectivity index (χ3v) is 2.88. The van der Waals surface area contributed by atoms with Crippen LogP contribution in [0.4, 0.5) is 13.2 Å². The molecule has 0 saturated carbocycles. The Morgan fingerprint density at radius 2 is 1.59 bits per heavy atom. The average Bonchev–Trinajstić information content (AvgIpc) is 2.39. The second-order valence-corrected chi connectivity index (χ2v) is 6.30. The molecule has 0 fully saturated rings. The van der Waals surface area contributed by atoms with Gasteiger partial charge in [0.1, 0.15) is 11.0 Å². The predicted molar refractivity (Wildman–Crippen MR) is 76.7 cm³/mol. The first-order chi connectivity index (χ1) is 9.93. The second-order valence-electron chi connectivity index (χ2n) is 6.30. The zero-order chi connectivity index (χ0) is 17.4. The van der Waals surface area contributed by atoms with Crippen molar-refractivity contribution in [3.8, 4) is 12.1 Å². The van der Waals surface area contributed by atoms with E-state index in [0.717, 1.165) is 0 Å². The summed E-state index contributed by atoms with van der Waals surface area (Å²) in [5.74, 6) is 0. The van der Waals surface area contributed by atoms with Gasteiger partial charge in [-0.15, -0.1) is 0 Å². The van der Waals surface area contributed by atoms with Gasteiger partial charge in [0.15, 0.2) is 0 Å². The molecule has 4 nitrogen and oxygen atoms in total. The Hall–Kier alpha value is -1.76. The molecule has 0 heterocycles. The Morgan fingerprint density at radius 1 is 1.05 bits per heavy atom. The van der Waals surface area contributed by atoms with Crippen LogP contribution in [0.1, 0.15) is 59.8 Å². The zero-order valence-electron chi connectivity index (χ0n) is 13.4. The van der Waals surface area contributed by atoms with Gasteiger partial charge < -0.3 is 4.84 Å². The van der Waals surface area contributed by atoms with Gasteiger partial charge in [0.05, 0.1) is 17.9 Å². The van der Waals surface area contributed by atoms with Crippen molar-refractivity contribution in [1.29, 1.82) is 10.5 Å². The molecule has 0 N–H and O–H groups in total. The van der Waals surface area contributed by atoms with Gasteiger partial charge >= 0.3 is 6.18 Å². The van der Waals surface area contributed by atoms with Crippen LogP contribution in [0.3, 0.4) is 0 Å². The fourth-order valence-electron chi connectivity index (χ4n) is 1.64. The van der Waals surface area contributed by atoms with Crippen molar-refractivity contribution in [1.82, 2.24) is 0 Å². The van der Waals surface area contributed by atoms with E-state index in [0.29, 0.717) is 18.6 Å². The zero-order valence-corrected chi connectivity index (χ0v) is 13.4. The van der Waals surface area contributed by atoms with Gasteiger partial charge in [0.2, 0.25) is 0 Å². The Labute approximate surface area is 129 Å². The van der Waals surface area contributed by atoms with Crippen molar-refractivity contribution >= 4 is 5.71 Å². The highest BCUT2D eigenvalue weighted by Gasteiger charge is 2.36. The lowest BCUT2D eigenvalue weighted by Gasteiger charge is -2.19. The third kappa shape index (κ3) is 9.23. The van der Waals surface area contributed by atoms with E-state index in [1.54, 1.807) is 19.1 Å². The fourth-order valence-corrected chi connectivity index (χ4v) is 1.64. The van der Waals surface area contributed by atoms with Crippen LogP contribution in [0.5, 0.6) is 0 Å². The van der Waals surface area contributed by atoms with Crippen LogP contribution in [-0.2, 0) is 4.84 Å². The van der Waals surface area contributed by atoms with E-state index < -0.39 is 30.0 Å². The monoisotopic (exact) mass is 317 g/mol. The summed E-state index contributed by atoms with van der Waals surface area (Å²) in [4.78, 5) is 5.23. The molecule has 0 aliphatic heterocycles. The minimum Gasteiger partial charge on any atom is -0.390 e. The molecule has 0 radical (unpaired) electrons. The normalized spacial score (nSPS) is 13.4. The van der Waals surface area contributed by atoms with Crippen molar-refractivity contribution in [2.45, 2.75) is 71.6 Å². The molecule has 0 unspecified atom stereocenters. The fraction of sp³-hybridized carbons (Fsp3) is 0.800. The standard InChI is InChI=1S/C15H22F3N3O/c1-12(21-22-13(2,3)4)6-5-7-14(10-19,11-20)8-9-15(16,17)18/h5-9H2,1-4H3. The Kier molecular flexibility index (Phi) is 7.38. The number of halogens is 3. The van der Waals surface area contributed by atoms with Crippen molar-refractivity contribution in [2.75, 3.05) is 0 Å². The lowest BCUT2D eigenvalue weighted by molar-refractivity contribution is -0.138. The highest BCUT2D eigenvalue weighted by atomic mass is 19.4. The van der Waals surface area contributed by atoms with Crippen molar-refractivity contribution < 1.29 is 18.0 Å². The maximum absolute atomic E-state index is 12.3. The number of nitrogens with zero attached hydrogens (tertiary/aromatic N) is 3. The molecule has 124 valence electrons. The van der Waals surface area contributed by atoms with Crippen LogP contribution >= 0.6 is 0 Å². The first-order valence-corrected chi connectivity index (χ1v) is 7.04. The second kappa shape index (κ2) is 8.03. The van der Waals surface area contributed by atoms with E-state index in [1.807, 2.05) is 20.8 Å². The smallest absolute Gasteiger partial charge is 0.389 e. The summed E-state index contributed by atoms with van der Waals surface area (Å²) < 4.78 is 36.8. The summed E-state index contributed by atoms with van der Waals surface area (Å²) in [5, 5.41) is 22.0. The summed E-state index contributed by atoms with van der Waals surface area (Å²) in [6.45, 7) is 7.27. The summed E-state index contributed by atoms with van der Waals surface area (Å²) in [7, 11) is 0. The van der Waals surface area contributed by atoms with Gasteiger partial charge in [-0.25, -0.2) is 0 Å². The Balaban J connectivity index is 4.50. The summed E-state index contributed by atoms with van der Waals surface area (Å²) in [5.41, 5.74) is -1.34. The molecule has 0 aliphatic carbocycles. The van der Waals surface area contributed by atoms with Crippen LogP contribution < -0.4 is 0 Å². The molecule has 0 rings (SSSR count). The van der Waals surface area contributed by atoms with Gasteiger partial charge in [0, 0.05) is 6.42 Å². The lowest BCUT2D eigenvalue weighted by atomic mass is 9.81. The number of hydrogen-bond acceptors (Lipinski definition) is 4. The van der Waals surface area contributed by atoms with Crippen molar-refractivity contribution in [3.05, 3.63) is 0 Å². The minimum atomic E-state index is -4.36. The number of rotatable bonds is 7. The van der Waals surface area contributed by atoms with E-state index in [9.17, 15) is 13.2 Å². The van der Waals surface area contributed by atoms with Gasteiger partial charge in [-0.05, 0) is 53.4 Å². The highest BCUT2D eigenvalue weighted by Crippen LogP contribution is 2.34. The van der Waals surface area contributed by atoms with E-state index in [4.69, 9.17) is 15.4 Å². The molecule has 0 aliphatic rings. The van der Waals surface area contributed by atoms with Crippen LogP contribution in [0, 0.1) is 28.1 Å². The van der Waals surface area contributed by atoms with E-state index in [-0.39, 0.29) is 6.42 Å². The quantitative estimate of drug-likeness (QED) is 0.504. The first-order valence-electron chi connectivity index (χ1n) is 7.04. The maximum Gasteiger partial charge on any atom is 0.389 e. The number of alkyl halides is 3. The molecule has 7 heteroatoms. The third-order valence-electron chi connectivity index (χ3n) is 2.88. The Morgan fingerprint density at radius 3 is 2.00 bits per heavy atom. The number of nitriles is 2. The summed E-state index contributed by atoms with van der Waals surface area (Å²) in [6, 6.07) is 3.47. The summed E-state index contributed by atoms with van der Waals surface area (Å²) in [6.07, 6.45) is -5.04. The van der Waals surface area contributed by atoms with Gasteiger partial charge in [-0.1, -0.05) is 5.16 Å². The molecule has 0 aromatic heterocycles. The molecule has 22 heavy (non-hydrogen) atoms. The first kappa shape index (κ1) is 20.2. The van der Waals surface area contributed by atoms with Crippen molar-refractivity contribution in [3.63, 3.8) is 0 Å². The average molecular weight is 317 g/mol. The molecule has 0 amide bonds.